The molecule has 11 nitrogen and oxygen atoms in total. The predicted octanol–water partition coefficient (Wildman–Crippen LogP) is 5.35. The maximum absolute atomic E-state index is 16.1. The van der Waals surface area contributed by atoms with E-state index in [2.05, 4.69) is 14.8 Å². The summed E-state index contributed by atoms with van der Waals surface area (Å²) in [5, 5.41) is 14.1. The Morgan fingerprint density at radius 3 is 2.26 bits per heavy atom. The van der Waals surface area contributed by atoms with Crippen molar-refractivity contribution in [1.82, 2.24) is 24.0 Å². The Bertz CT molecular complexity index is 1870. The predicted molar refractivity (Wildman–Crippen MR) is 166 cm³/mol. The number of pyridine rings is 1. The molecule has 2 aliphatic heterocycles. The van der Waals surface area contributed by atoms with Crippen molar-refractivity contribution < 1.29 is 31.5 Å². The Morgan fingerprint density at radius 1 is 0.957 bits per heavy atom. The monoisotopic (exact) mass is 655 g/mol. The van der Waals surface area contributed by atoms with Gasteiger partial charge in [0, 0.05) is 73.2 Å². The van der Waals surface area contributed by atoms with Gasteiger partial charge in [0.15, 0.2) is 11.6 Å². The summed E-state index contributed by atoms with van der Waals surface area (Å²) in [6.07, 6.45) is 4.69. The van der Waals surface area contributed by atoms with Gasteiger partial charge in [0.05, 0.1) is 17.8 Å². The molecule has 15 heteroatoms. The van der Waals surface area contributed by atoms with Crippen molar-refractivity contribution in [3.63, 3.8) is 0 Å². The number of anilines is 2. The molecule has 4 aromatic rings. The minimum atomic E-state index is -4.12. The third kappa shape index (κ3) is 5.99. The van der Waals surface area contributed by atoms with Gasteiger partial charge in [-0.05, 0) is 63.1 Å². The van der Waals surface area contributed by atoms with Gasteiger partial charge in [0.25, 0.3) is 0 Å². The van der Waals surface area contributed by atoms with E-state index in [9.17, 15) is 22.7 Å². The van der Waals surface area contributed by atoms with Gasteiger partial charge in [0.2, 0.25) is 0 Å². The molecule has 0 saturated carbocycles. The Balaban J connectivity index is 1.39. The zero-order chi connectivity index (χ0) is 32.7. The van der Waals surface area contributed by atoms with Gasteiger partial charge in [0.1, 0.15) is 17.2 Å². The third-order valence-electron chi connectivity index (χ3n) is 8.32. The van der Waals surface area contributed by atoms with Crippen LogP contribution in [0, 0.1) is 17.5 Å². The number of nitrogens with zero attached hydrogens (tertiary/aromatic N) is 6. The van der Waals surface area contributed by atoms with Gasteiger partial charge in [-0.25, -0.2) is 22.6 Å². The van der Waals surface area contributed by atoms with Crippen LogP contribution in [0.5, 0.6) is 0 Å². The number of carbonyl (C=O) groups is 1. The summed E-state index contributed by atoms with van der Waals surface area (Å²) in [5.41, 5.74) is 0.533. The number of hydrogen-bond acceptors (Lipinski definition) is 6. The highest BCUT2D eigenvalue weighted by Crippen LogP contribution is 2.37. The minimum Gasteiger partial charge on any atom is -0.465 e. The van der Waals surface area contributed by atoms with Crippen molar-refractivity contribution in [2.75, 3.05) is 35.8 Å². The van der Waals surface area contributed by atoms with Gasteiger partial charge in [-0.1, -0.05) is 0 Å². The first-order chi connectivity index (χ1) is 21.9. The number of nitrogens with one attached hydrogen (secondary N) is 1. The molecular weight excluding hydrogens is 623 g/mol. The average Bonchev–Trinajstić information content (AvgIpc) is 3.70. The SMILES string of the molecule is CC1CN(c2ccc(-n3cc(-c4cc(F)cc(NS(=O)(=O)N5CCCC5)c4F)c(-c4ccncc4)n3)c(F)c2)CC(C)N1C(=O)O. The van der Waals surface area contributed by atoms with E-state index in [1.54, 1.807) is 32.0 Å². The first-order valence-electron chi connectivity index (χ1n) is 14.8. The lowest BCUT2D eigenvalue weighted by atomic mass is 10.0. The van der Waals surface area contributed by atoms with E-state index in [4.69, 9.17) is 0 Å². The molecule has 0 bridgehead atoms. The Labute approximate surface area is 264 Å². The summed E-state index contributed by atoms with van der Waals surface area (Å²) in [6, 6.07) is 8.84. The van der Waals surface area contributed by atoms with Crippen molar-refractivity contribution in [3.8, 4) is 28.1 Å². The molecule has 2 atom stereocenters. The largest absolute Gasteiger partial charge is 0.465 e. The Morgan fingerprint density at radius 2 is 1.63 bits per heavy atom. The van der Waals surface area contributed by atoms with E-state index in [1.165, 1.54) is 44.6 Å². The molecular formula is C31H32F3N7O4S. The van der Waals surface area contributed by atoms with E-state index in [-0.39, 0.29) is 47.7 Å². The van der Waals surface area contributed by atoms with Crippen LogP contribution < -0.4 is 9.62 Å². The maximum Gasteiger partial charge on any atom is 0.407 e. The number of rotatable bonds is 7. The van der Waals surface area contributed by atoms with Crippen molar-refractivity contribution in [1.29, 1.82) is 0 Å². The smallest absolute Gasteiger partial charge is 0.407 e. The molecule has 2 aromatic heterocycles. The maximum atomic E-state index is 16.1. The Hall–Kier alpha value is -4.63. The van der Waals surface area contributed by atoms with Crippen LogP contribution in [0.1, 0.15) is 26.7 Å². The van der Waals surface area contributed by atoms with Crippen LogP contribution in [0.3, 0.4) is 0 Å². The molecule has 46 heavy (non-hydrogen) atoms. The van der Waals surface area contributed by atoms with Crippen molar-refractivity contribution >= 4 is 27.7 Å². The summed E-state index contributed by atoms with van der Waals surface area (Å²) >= 11 is 0. The number of aromatic nitrogens is 3. The third-order valence-corrected chi connectivity index (χ3v) is 9.85. The topological polar surface area (TPSA) is 124 Å². The molecule has 242 valence electrons. The molecule has 2 saturated heterocycles. The van der Waals surface area contributed by atoms with Crippen LogP contribution >= 0.6 is 0 Å². The minimum absolute atomic E-state index is 0.0299. The molecule has 2 aromatic carbocycles. The van der Waals surface area contributed by atoms with Gasteiger partial charge in [-0.2, -0.15) is 17.8 Å². The van der Waals surface area contributed by atoms with Crippen LogP contribution in [0.2, 0.25) is 0 Å². The summed E-state index contributed by atoms with van der Waals surface area (Å²) < 4.78 is 77.1. The second kappa shape index (κ2) is 12.3. The van der Waals surface area contributed by atoms with Crippen molar-refractivity contribution in [3.05, 3.63) is 78.5 Å². The lowest BCUT2D eigenvalue weighted by Crippen LogP contribution is -2.58. The molecule has 1 amide bonds. The molecule has 2 fully saturated rings. The molecule has 2 aliphatic rings. The van der Waals surface area contributed by atoms with Crippen molar-refractivity contribution in [2.45, 2.75) is 38.8 Å². The van der Waals surface area contributed by atoms with E-state index >= 15 is 8.78 Å². The highest BCUT2D eigenvalue weighted by Gasteiger charge is 2.33. The molecule has 0 spiro atoms. The second-order valence-electron chi connectivity index (χ2n) is 11.5. The van der Waals surface area contributed by atoms with Crippen LogP contribution in [-0.4, -0.2) is 81.8 Å². The van der Waals surface area contributed by atoms with E-state index in [0.717, 1.165) is 12.1 Å². The summed E-state index contributed by atoms with van der Waals surface area (Å²) in [6.45, 7) is 4.88. The number of halogens is 3. The Kier molecular flexibility index (Phi) is 8.37. The zero-order valence-corrected chi connectivity index (χ0v) is 25.9. The van der Waals surface area contributed by atoms with Gasteiger partial charge < -0.3 is 10.0 Å². The van der Waals surface area contributed by atoms with Crippen LogP contribution in [-0.2, 0) is 10.2 Å². The van der Waals surface area contributed by atoms with Crippen LogP contribution in [0.15, 0.2) is 61.1 Å². The van der Waals surface area contributed by atoms with Gasteiger partial charge in [-0.3, -0.25) is 14.6 Å². The molecule has 2 unspecified atom stereocenters. The number of amides is 1. The molecule has 0 aliphatic carbocycles. The lowest BCUT2D eigenvalue weighted by molar-refractivity contribution is 0.0982. The zero-order valence-electron chi connectivity index (χ0n) is 25.1. The summed E-state index contributed by atoms with van der Waals surface area (Å²) in [4.78, 5) is 18.9. The molecule has 0 radical (unpaired) electrons. The summed E-state index contributed by atoms with van der Waals surface area (Å²) in [5.74, 6) is -2.54. The highest BCUT2D eigenvalue weighted by atomic mass is 32.2. The van der Waals surface area contributed by atoms with E-state index in [0.29, 0.717) is 37.2 Å². The fraction of sp³-hybridized carbons (Fsp3) is 0.323. The van der Waals surface area contributed by atoms with Crippen molar-refractivity contribution in [2.24, 2.45) is 0 Å². The van der Waals surface area contributed by atoms with E-state index < -0.39 is 39.4 Å². The molecule has 2 N–H and O–H groups in total. The first-order valence-corrected chi connectivity index (χ1v) is 16.2. The van der Waals surface area contributed by atoms with Crippen LogP contribution in [0.25, 0.3) is 28.1 Å². The molecule has 4 heterocycles. The quantitative estimate of drug-likeness (QED) is 0.275. The standard InChI is InChI=1S/C31H32F3N7O4S/c1-19-16-38(17-20(2)41(19)31(42)43)23-5-6-28(26(33)15-23)40-18-25(30(36-40)21-7-9-35-10-8-21)24-13-22(32)14-27(29(24)34)37-46(44,45)39-11-3-4-12-39/h5-10,13-15,18-20,37H,3-4,11-12,16-17H2,1-2H3,(H,42,43). The van der Waals surface area contributed by atoms with E-state index in [1.807, 2.05) is 4.90 Å². The number of piperazine rings is 1. The lowest BCUT2D eigenvalue weighted by Gasteiger charge is -2.43. The number of benzene rings is 2. The normalized spacial score (nSPS) is 19.1. The van der Waals surface area contributed by atoms with Gasteiger partial charge >= 0.3 is 16.3 Å². The summed E-state index contributed by atoms with van der Waals surface area (Å²) in [7, 11) is -4.12. The fourth-order valence-electron chi connectivity index (χ4n) is 6.20. The average molecular weight is 656 g/mol. The highest BCUT2D eigenvalue weighted by molar-refractivity contribution is 7.90. The number of hydrogen-bond donors (Lipinski definition) is 2. The first kappa shape index (κ1) is 31.4. The molecule has 6 rings (SSSR count). The fourth-order valence-corrected chi connectivity index (χ4v) is 7.49. The van der Waals surface area contributed by atoms with Gasteiger partial charge in [-0.15, -0.1) is 0 Å². The number of carboxylic acid groups (broad SMARTS) is 1. The van der Waals surface area contributed by atoms with Crippen LogP contribution in [0.4, 0.5) is 29.3 Å². The second-order valence-corrected chi connectivity index (χ2v) is 13.2.